The molecule has 1 saturated heterocycles. The molecule has 0 spiro atoms. The summed E-state index contributed by atoms with van der Waals surface area (Å²) in [4.78, 5) is 3.59. The summed E-state index contributed by atoms with van der Waals surface area (Å²) in [6.07, 6.45) is 13.6. The SMILES string of the molecule is C=C/C(C)=C(/C)N(C)/C(=C\C(C)C1=C(C)C=CCC1)NCC1CCN(S(=C)(=C)c2ccc(C(C)C)cc2)CC1.CC.CC.CC. The standard InChI is InChI=1S/C35H53N3S.3C2H6/c1-11-27(4)30(7)37(8)35(24-29(6)34-15-13-12-14-28(34)5)36-25-31-20-22-38(23-21-31)39(9,10)33-18-16-32(17-19-33)26(2)3;3*1-2/h11-12,14,16-19,24,26,29,31,36H,1,9-10,13,15,20-23,25H2,2-8H3;3*1-2H3/b30-27-,35-24-;;;. The Balaban J connectivity index is 0.00000304. The first-order chi connectivity index (χ1) is 21.4. The minimum atomic E-state index is -1.46. The van der Waals surface area contributed by atoms with E-state index >= 15 is 0 Å². The van der Waals surface area contributed by atoms with Gasteiger partial charge in [-0.25, -0.2) is 0 Å². The summed E-state index contributed by atoms with van der Waals surface area (Å²) in [6, 6.07) is 9.02. The van der Waals surface area contributed by atoms with Crippen LogP contribution in [0.5, 0.6) is 0 Å². The van der Waals surface area contributed by atoms with Crippen LogP contribution in [0.3, 0.4) is 0 Å². The number of piperidine rings is 1. The Labute approximate surface area is 281 Å². The molecular formula is C41H71N3S. The zero-order valence-electron chi connectivity index (χ0n) is 31.7. The Hall–Kier alpha value is -2.43. The largest absolute Gasteiger partial charge is 0.371 e. The first-order valence-electron chi connectivity index (χ1n) is 17.7. The molecule has 0 amide bonds. The van der Waals surface area contributed by atoms with Crippen molar-refractivity contribution in [3.8, 4) is 0 Å². The van der Waals surface area contributed by atoms with Gasteiger partial charge in [0.05, 0.1) is 0 Å². The average molecular weight is 638 g/mol. The summed E-state index contributed by atoms with van der Waals surface area (Å²) in [6.45, 7) is 32.5. The molecule has 1 fully saturated rings. The first kappa shape index (κ1) is 42.6. The van der Waals surface area contributed by atoms with Gasteiger partial charge in [0.15, 0.2) is 0 Å². The summed E-state index contributed by atoms with van der Waals surface area (Å²) in [5.41, 5.74) is 6.77. The molecule has 3 rings (SSSR count). The second kappa shape index (κ2) is 22.2. The molecule has 1 aromatic rings. The highest BCUT2D eigenvalue weighted by molar-refractivity contribution is 8.25. The fraction of sp³-hybridized carbons (Fsp3) is 0.561. The van der Waals surface area contributed by atoms with Gasteiger partial charge in [0.25, 0.3) is 0 Å². The highest BCUT2D eigenvalue weighted by Gasteiger charge is 2.24. The Kier molecular flexibility index (Phi) is 21.0. The van der Waals surface area contributed by atoms with Gasteiger partial charge in [0, 0.05) is 37.3 Å². The average Bonchev–Trinajstić information content (AvgIpc) is 3.08. The van der Waals surface area contributed by atoms with Gasteiger partial charge in [-0.3, -0.25) is 4.31 Å². The predicted molar refractivity (Wildman–Crippen MR) is 212 cm³/mol. The van der Waals surface area contributed by atoms with Crippen LogP contribution in [0.15, 0.2) is 88.3 Å². The molecule has 0 radical (unpaired) electrons. The van der Waals surface area contributed by atoms with E-state index in [0.29, 0.717) is 17.8 Å². The number of rotatable bonds is 11. The topological polar surface area (TPSA) is 18.5 Å². The van der Waals surface area contributed by atoms with Crippen molar-refractivity contribution in [2.45, 2.75) is 120 Å². The lowest BCUT2D eigenvalue weighted by molar-refractivity contribution is 0.281. The number of allylic oxidation sites excluding steroid dienone is 8. The van der Waals surface area contributed by atoms with Crippen LogP contribution in [-0.4, -0.2) is 47.6 Å². The predicted octanol–water partition coefficient (Wildman–Crippen LogP) is 11.7. The van der Waals surface area contributed by atoms with E-state index in [-0.39, 0.29) is 0 Å². The van der Waals surface area contributed by atoms with E-state index in [4.69, 9.17) is 0 Å². The molecule has 4 heteroatoms. The van der Waals surface area contributed by atoms with E-state index < -0.39 is 9.39 Å². The number of nitrogens with one attached hydrogen (secondary N) is 1. The maximum absolute atomic E-state index is 4.63. The lowest BCUT2D eigenvalue weighted by atomic mass is 9.88. The third-order valence-corrected chi connectivity index (χ3v) is 11.3. The first-order valence-corrected chi connectivity index (χ1v) is 19.6. The molecule has 1 aliphatic carbocycles. The van der Waals surface area contributed by atoms with Crippen molar-refractivity contribution in [3.63, 3.8) is 0 Å². The molecule has 1 heterocycles. The maximum atomic E-state index is 4.63. The van der Waals surface area contributed by atoms with Gasteiger partial charge in [-0.15, -0.1) is 9.39 Å². The van der Waals surface area contributed by atoms with Crippen molar-refractivity contribution in [3.05, 3.63) is 88.9 Å². The normalized spacial score (nSPS) is 17.1. The molecule has 1 atom stereocenters. The third kappa shape index (κ3) is 12.7. The van der Waals surface area contributed by atoms with Gasteiger partial charge in [0.2, 0.25) is 0 Å². The molecular weight excluding hydrogens is 567 g/mol. The van der Waals surface area contributed by atoms with Crippen LogP contribution in [0.4, 0.5) is 0 Å². The summed E-state index contributed by atoms with van der Waals surface area (Å²) in [5, 5.41) is 3.87. The fourth-order valence-electron chi connectivity index (χ4n) is 5.58. The summed E-state index contributed by atoms with van der Waals surface area (Å²) in [5.74, 6) is 12.0. The summed E-state index contributed by atoms with van der Waals surface area (Å²) >= 11 is 0. The number of nitrogens with zero attached hydrogens (tertiary/aromatic N) is 2. The van der Waals surface area contributed by atoms with Crippen molar-refractivity contribution < 1.29 is 0 Å². The monoisotopic (exact) mass is 638 g/mol. The van der Waals surface area contributed by atoms with Gasteiger partial charge in [-0.1, -0.05) is 122 Å². The minimum Gasteiger partial charge on any atom is -0.371 e. The van der Waals surface area contributed by atoms with Crippen molar-refractivity contribution in [2.75, 3.05) is 26.7 Å². The number of benzene rings is 1. The second-order valence-electron chi connectivity index (χ2n) is 11.8. The quantitative estimate of drug-likeness (QED) is 0.192. The van der Waals surface area contributed by atoms with E-state index in [2.05, 4.69) is 124 Å². The van der Waals surface area contributed by atoms with Gasteiger partial charge < -0.3 is 10.2 Å². The van der Waals surface area contributed by atoms with Crippen molar-refractivity contribution in [2.24, 2.45) is 11.8 Å². The molecule has 1 N–H and O–H groups in total. The van der Waals surface area contributed by atoms with Crippen LogP contribution in [0.2, 0.25) is 0 Å². The van der Waals surface area contributed by atoms with Crippen molar-refractivity contribution in [1.29, 1.82) is 0 Å². The zero-order chi connectivity index (χ0) is 34.7. The van der Waals surface area contributed by atoms with Gasteiger partial charge in [-0.05, 0) is 93.6 Å². The summed E-state index contributed by atoms with van der Waals surface area (Å²) in [7, 11) is 0.710. The Morgan fingerprint density at radius 3 is 2.04 bits per heavy atom. The highest BCUT2D eigenvalue weighted by Crippen LogP contribution is 2.39. The maximum Gasteiger partial charge on any atom is 0.102 e. The molecule has 2 aliphatic rings. The third-order valence-electron chi connectivity index (χ3n) is 8.78. The smallest absolute Gasteiger partial charge is 0.102 e. The molecule has 1 aliphatic heterocycles. The lowest BCUT2D eigenvalue weighted by Crippen LogP contribution is -2.37. The number of hydrogen-bond acceptors (Lipinski definition) is 3. The fourth-order valence-corrected chi connectivity index (χ4v) is 7.43. The molecule has 0 saturated carbocycles. The summed E-state index contributed by atoms with van der Waals surface area (Å²) < 4.78 is 2.55. The Morgan fingerprint density at radius 1 is 1.00 bits per heavy atom. The molecule has 256 valence electrons. The zero-order valence-corrected chi connectivity index (χ0v) is 32.5. The van der Waals surface area contributed by atoms with Crippen LogP contribution >= 0.6 is 9.39 Å². The van der Waals surface area contributed by atoms with Crippen LogP contribution < -0.4 is 5.32 Å². The highest BCUT2D eigenvalue weighted by atomic mass is 32.2. The van der Waals surface area contributed by atoms with Crippen molar-refractivity contribution >= 4 is 21.1 Å². The van der Waals surface area contributed by atoms with Gasteiger partial charge in [0.1, 0.15) is 5.82 Å². The van der Waals surface area contributed by atoms with Crippen LogP contribution in [0.1, 0.15) is 120 Å². The van der Waals surface area contributed by atoms with Crippen LogP contribution in [0, 0.1) is 11.8 Å². The number of hydrogen-bond donors (Lipinski definition) is 1. The van der Waals surface area contributed by atoms with E-state index in [1.807, 2.05) is 47.6 Å². The second-order valence-corrected chi connectivity index (χ2v) is 14.5. The Bertz CT molecular complexity index is 1220. The van der Waals surface area contributed by atoms with Crippen LogP contribution in [0.25, 0.3) is 0 Å². The molecule has 0 bridgehead atoms. The minimum absolute atomic E-state index is 0.391. The molecule has 0 aromatic heterocycles. The lowest BCUT2D eigenvalue weighted by Gasteiger charge is -2.38. The van der Waals surface area contributed by atoms with Gasteiger partial charge in [-0.2, -0.15) is 0 Å². The van der Waals surface area contributed by atoms with E-state index in [0.717, 1.165) is 32.5 Å². The van der Waals surface area contributed by atoms with E-state index in [9.17, 15) is 0 Å². The van der Waals surface area contributed by atoms with Crippen LogP contribution in [-0.2, 0) is 0 Å². The molecule has 1 aromatic carbocycles. The Morgan fingerprint density at radius 2 is 1.56 bits per heavy atom. The molecule has 3 nitrogen and oxygen atoms in total. The van der Waals surface area contributed by atoms with Crippen molar-refractivity contribution in [1.82, 2.24) is 14.5 Å². The van der Waals surface area contributed by atoms with Gasteiger partial charge >= 0.3 is 0 Å². The molecule has 45 heavy (non-hydrogen) atoms. The van der Waals surface area contributed by atoms with E-state index in [1.54, 1.807) is 5.57 Å². The van der Waals surface area contributed by atoms with E-state index in [1.165, 1.54) is 46.0 Å². The molecule has 1 unspecified atom stereocenters.